The summed E-state index contributed by atoms with van der Waals surface area (Å²) in [5.74, 6) is -3.10. The fourth-order valence-electron chi connectivity index (χ4n) is 4.51. The summed E-state index contributed by atoms with van der Waals surface area (Å²) in [6.07, 6.45) is 0.463. The van der Waals surface area contributed by atoms with Crippen molar-refractivity contribution in [3.05, 3.63) is 52.1 Å². The topological polar surface area (TPSA) is 150 Å². The number of aromatic nitrogens is 1. The molecule has 1 saturated heterocycles. The van der Waals surface area contributed by atoms with Crippen LogP contribution in [0, 0.1) is 19.7 Å². The number of morpholine rings is 1. The molecule has 1 aromatic carbocycles. The molecule has 2 aliphatic heterocycles. The van der Waals surface area contributed by atoms with Gasteiger partial charge in [-0.2, -0.15) is 0 Å². The van der Waals surface area contributed by atoms with Crippen molar-refractivity contribution in [2.45, 2.75) is 26.0 Å². The van der Waals surface area contributed by atoms with Crippen LogP contribution in [0.15, 0.2) is 18.2 Å². The second-order valence-electron chi connectivity index (χ2n) is 8.76. The molecule has 1 aromatic heterocycles. The number of fused-ring (bicyclic) bond motifs is 1. The zero-order valence-corrected chi connectivity index (χ0v) is 20.5. The molecule has 4 rings (SSSR count). The summed E-state index contributed by atoms with van der Waals surface area (Å²) in [4.78, 5) is 54.2. The van der Waals surface area contributed by atoms with Crippen molar-refractivity contribution in [2.75, 3.05) is 38.7 Å². The van der Waals surface area contributed by atoms with Gasteiger partial charge in [0.05, 0.1) is 30.9 Å². The molecule has 0 radical (unpaired) electrons. The Balaban J connectivity index is 1.51. The van der Waals surface area contributed by atoms with Gasteiger partial charge in [-0.15, -0.1) is 0 Å². The Bertz CT molecular complexity index is 1300. The first kappa shape index (κ1) is 26.0. The third-order valence-corrected chi connectivity index (χ3v) is 6.46. The van der Waals surface area contributed by atoms with Gasteiger partial charge in [-0.3, -0.25) is 14.4 Å². The van der Waals surface area contributed by atoms with Crippen LogP contribution in [-0.4, -0.2) is 84.2 Å². The SMILES string of the molecule is COC(CNC(=O)c1c(C)[nH]c(/C=C2\C(=O)Nc3ccc(F)cc32)c1C)C(=O)N1CCOCC1C(=O)O. The Morgan fingerprint density at radius 3 is 2.81 bits per heavy atom. The molecule has 196 valence electrons. The van der Waals surface area contributed by atoms with Crippen molar-refractivity contribution in [3.8, 4) is 0 Å². The van der Waals surface area contributed by atoms with E-state index in [4.69, 9.17) is 9.47 Å². The third kappa shape index (κ3) is 5.11. The molecule has 3 amide bonds. The zero-order valence-electron chi connectivity index (χ0n) is 20.5. The van der Waals surface area contributed by atoms with Crippen molar-refractivity contribution in [1.29, 1.82) is 0 Å². The summed E-state index contributed by atoms with van der Waals surface area (Å²) < 4.78 is 24.2. The van der Waals surface area contributed by atoms with Crippen LogP contribution >= 0.6 is 0 Å². The van der Waals surface area contributed by atoms with E-state index in [1.165, 1.54) is 30.2 Å². The number of hydrogen-bond acceptors (Lipinski definition) is 6. The number of nitrogens with zero attached hydrogens (tertiary/aromatic N) is 1. The van der Waals surface area contributed by atoms with Crippen molar-refractivity contribution in [2.24, 2.45) is 0 Å². The van der Waals surface area contributed by atoms with Crippen LogP contribution < -0.4 is 10.6 Å². The van der Waals surface area contributed by atoms with Gasteiger partial charge >= 0.3 is 5.97 Å². The summed E-state index contributed by atoms with van der Waals surface area (Å²) in [6, 6.07) is 2.88. The summed E-state index contributed by atoms with van der Waals surface area (Å²) in [5, 5.41) is 14.8. The number of benzene rings is 1. The van der Waals surface area contributed by atoms with Crippen LogP contribution in [0.25, 0.3) is 11.6 Å². The molecule has 2 aromatic rings. The van der Waals surface area contributed by atoms with E-state index in [9.17, 15) is 28.7 Å². The zero-order chi connectivity index (χ0) is 26.9. The van der Waals surface area contributed by atoms with E-state index < -0.39 is 35.7 Å². The minimum atomic E-state index is -1.19. The molecular formula is C25H27FN4O7. The Hall–Kier alpha value is -4.03. The molecule has 11 nitrogen and oxygen atoms in total. The van der Waals surface area contributed by atoms with E-state index in [0.29, 0.717) is 33.8 Å². The van der Waals surface area contributed by atoms with Gasteiger partial charge in [0.1, 0.15) is 5.82 Å². The predicted octanol–water partition coefficient (Wildman–Crippen LogP) is 1.32. The van der Waals surface area contributed by atoms with Gasteiger partial charge in [0.25, 0.3) is 17.7 Å². The van der Waals surface area contributed by atoms with Crippen LogP contribution in [0.1, 0.15) is 32.9 Å². The van der Waals surface area contributed by atoms with Gasteiger partial charge in [-0.05, 0) is 43.7 Å². The maximum absolute atomic E-state index is 13.8. The quantitative estimate of drug-likeness (QED) is 0.407. The van der Waals surface area contributed by atoms with Crippen molar-refractivity contribution in [3.63, 3.8) is 0 Å². The summed E-state index contributed by atoms with van der Waals surface area (Å²) in [7, 11) is 1.30. The molecule has 2 unspecified atom stereocenters. The first-order chi connectivity index (χ1) is 17.6. The number of halogens is 1. The lowest BCUT2D eigenvalue weighted by Crippen LogP contribution is -2.57. The summed E-state index contributed by atoms with van der Waals surface area (Å²) in [5.41, 5.74) is 3.08. The van der Waals surface area contributed by atoms with Gasteiger partial charge in [-0.1, -0.05) is 0 Å². The van der Waals surface area contributed by atoms with E-state index >= 15 is 0 Å². The fourth-order valence-corrected chi connectivity index (χ4v) is 4.51. The number of amides is 3. The number of carbonyl (C=O) groups is 4. The molecule has 2 atom stereocenters. The maximum atomic E-state index is 13.8. The summed E-state index contributed by atoms with van der Waals surface area (Å²) in [6.45, 7) is 3.38. The Morgan fingerprint density at radius 1 is 1.35 bits per heavy atom. The highest BCUT2D eigenvalue weighted by molar-refractivity contribution is 6.34. The molecule has 37 heavy (non-hydrogen) atoms. The van der Waals surface area contributed by atoms with E-state index in [1.54, 1.807) is 19.9 Å². The third-order valence-electron chi connectivity index (χ3n) is 6.46. The molecular weight excluding hydrogens is 487 g/mol. The van der Waals surface area contributed by atoms with Gasteiger partial charge in [0.2, 0.25) is 0 Å². The molecule has 12 heteroatoms. The number of rotatable bonds is 7. The molecule has 0 saturated carbocycles. The van der Waals surface area contributed by atoms with Crippen LogP contribution in [0.2, 0.25) is 0 Å². The molecule has 2 aliphatic rings. The lowest BCUT2D eigenvalue weighted by molar-refractivity contribution is -0.163. The number of carbonyl (C=O) groups excluding carboxylic acids is 3. The Kier molecular flexibility index (Phi) is 7.41. The minimum absolute atomic E-state index is 0.0955. The number of H-pyrrole nitrogens is 1. The van der Waals surface area contributed by atoms with Crippen LogP contribution in [0.3, 0.4) is 0 Å². The monoisotopic (exact) mass is 514 g/mol. The standard InChI is InChI=1S/C25H27FN4O7/c1-12-18(9-16-15-8-14(26)4-5-17(15)29-22(16)31)28-13(2)21(12)23(32)27-10-20(36-3)24(33)30-6-7-37-11-19(30)25(34)35/h4-5,8-9,19-20,28H,6-7,10-11H2,1-3H3,(H,27,32)(H,29,31)(H,34,35)/b16-9-. The van der Waals surface area contributed by atoms with E-state index in [0.717, 1.165) is 0 Å². The highest BCUT2D eigenvalue weighted by atomic mass is 19.1. The van der Waals surface area contributed by atoms with Crippen molar-refractivity contribution < 1.29 is 38.1 Å². The van der Waals surface area contributed by atoms with Crippen molar-refractivity contribution >= 4 is 41.0 Å². The second kappa shape index (κ2) is 10.5. The van der Waals surface area contributed by atoms with Gasteiger partial charge in [-0.25, -0.2) is 9.18 Å². The number of carboxylic acid groups (broad SMARTS) is 1. The molecule has 0 bridgehead atoms. The number of hydrogen-bond donors (Lipinski definition) is 4. The lowest BCUT2D eigenvalue weighted by Gasteiger charge is -2.34. The average Bonchev–Trinajstić information content (AvgIpc) is 3.33. The number of aliphatic carboxylic acids is 1. The Morgan fingerprint density at radius 2 is 2.11 bits per heavy atom. The van der Waals surface area contributed by atoms with Gasteiger partial charge in [0.15, 0.2) is 12.1 Å². The van der Waals surface area contributed by atoms with E-state index in [-0.39, 0.29) is 37.8 Å². The number of aryl methyl sites for hydroxylation is 1. The average molecular weight is 515 g/mol. The highest BCUT2D eigenvalue weighted by Gasteiger charge is 2.36. The summed E-state index contributed by atoms with van der Waals surface area (Å²) >= 11 is 0. The first-order valence-electron chi connectivity index (χ1n) is 11.6. The Labute approximate surface area is 211 Å². The normalized spacial score (nSPS) is 18.9. The number of carboxylic acids is 1. The number of ether oxygens (including phenoxy) is 2. The fraction of sp³-hybridized carbons (Fsp3) is 0.360. The van der Waals surface area contributed by atoms with Gasteiger partial charge in [0, 0.05) is 36.3 Å². The van der Waals surface area contributed by atoms with Crippen LogP contribution in [0.5, 0.6) is 0 Å². The molecule has 3 heterocycles. The highest BCUT2D eigenvalue weighted by Crippen LogP contribution is 2.34. The number of aromatic amines is 1. The van der Waals surface area contributed by atoms with Gasteiger partial charge < -0.3 is 35.1 Å². The van der Waals surface area contributed by atoms with Crippen LogP contribution in [0.4, 0.5) is 10.1 Å². The predicted molar refractivity (Wildman–Crippen MR) is 130 cm³/mol. The van der Waals surface area contributed by atoms with Crippen molar-refractivity contribution in [1.82, 2.24) is 15.2 Å². The largest absolute Gasteiger partial charge is 0.480 e. The number of methoxy groups -OCH3 is 1. The lowest BCUT2D eigenvalue weighted by atomic mass is 10.0. The molecule has 0 aliphatic carbocycles. The molecule has 1 fully saturated rings. The number of anilines is 1. The molecule has 0 spiro atoms. The first-order valence-corrected chi connectivity index (χ1v) is 11.6. The molecule has 4 N–H and O–H groups in total. The number of nitrogens with one attached hydrogen (secondary N) is 3. The second-order valence-corrected chi connectivity index (χ2v) is 8.76. The smallest absolute Gasteiger partial charge is 0.328 e. The van der Waals surface area contributed by atoms with E-state index in [1.807, 2.05) is 0 Å². The minimum Gasteiger partial charge on any atom is -0.480 e. The maximum Gasteiger partial charge on any atom is 0.328 e. The van der Waals surface area contributed by atoms with Crippen LogP contribution in [-0.2, 0) is 23.9 Å². The van der Waals surface area contributed by atoms with E-state index in [2.05, 4.69) is 15.6 Å².